The van der Waals surface area contributed by atoms with Gasteiger partial charge in [-0.25, -0.2) is 0 Å². The Balaban J connectivity index is 5.88. The molecular weight excluding hydrogens is 484 g/mol. The summed E-state index contributed by atoms with van der Waals surface area (Å²) in [5.74, 6) is -1.52. The van der Waals surface area contributed by atoms with Gasteiger partial charge in [-0.05, 0) is 73.8 Å². The van der Waals surface area contributed by atoms with Crippen LogP contribution in [-0.2, 0) is 13.6 Å². The van der Waals surface area contributed by atoms with Gasteiger partial charge in [0, 0.05) is 0 Å². The molecule has 5 nitrogen and oxygen atoms in total. The predicted molar refractivity (Wildman–Crippen MR) is 158 cm³/mol. The highest BCUT2D eigenvalue weighted by atomic mass is 28.4. The minimum Gasteiger partial charge on any atom is -0.481 e. The Morgan fingerprint density at radius 1 is 0.833 bits per heavy atom. The van der Waals surface area contributed by atoms with E-state index in [4.69, 9.17) is 8.85 Å². The van der Waals surface area contributed by atoms with Gasteiger partial charge in [0.2, 0.25) is 0 Å². The summed E-state index contributed by atoms with van der Waals surface area (Å²) in [6.07, 6.45) is 5.29. The number of carboxylic acids is 1. The first-order chi connectivity index (χ1) is 16.0. The molecule has 1 unspecified atom stereocenters. The van der Waals surface area contributed by atoms with Gasteiger partial charge < -0.3 is 19.1 Å². The predicted octanol–water partition coefficient (Wildman–Crippen LogP) is 8.11. The van der Waals surface area contributed by atoms with Crippen LogP contribution in [0.1, 0.15) is 89.0 Å². The zero-order valence-corrected chi connectivity index (χ0v) is 28.2. The zero-order chi connectivity index (χ0) is 28.9. The van der Waals surface area contributed by atoms with E-state index in [9.17, 15) is 15.0 Å². The summed E-state index contributed by atoms with van der Waals surface area (Å²) in [7, 11) is -3.93. The Labute approximate surface area is 225 Å². The van der Waals surface area contributed by atoms with Crippen molar-refractivity contribution < 1.29 is 23.9 Å². The minimum atomic E-state index is -2.05. The van der Waals surface area contributed by atoms with Crippen LogP contribution in [0.2, 0.25) is 36.3 Å². The van der Waals surface area contributed by atoms with Gasteiger partial charge in [-0.1, -0.05) is 81.4 Å². The lowest BCUT2D eigenvalue weighted by Crippen LogP contribution is -2.46. The van der Waals surface area contributed by atoms with E-state index in [1.807, 2.05) is 6.92 Å². The molecule has 7 atom stereocenters. The topological polar surface area (TPSA) is 76.0 Å². The molecule has 0 aliphatic rings. The van der Waals surface area contributed by atoms with E-state index in [0.29, 0.717) is 6.42 Å². The van der Waals surface area contributed by atoms with Crippen molar-refractivity contribution in [2.45, 2.75) is 144 Å². The number of carbonyl (C=O) groups is 1. The van der Waals surface area contributed by atoms with Gasteiger partial charge in [0.1, 0.15) is 0 Å². The first kappa shape index (κ1) is 35.5. The lowest BCUT2D eigenvalue weighted by Gasteiger charge is -2.41. The zero-order valence-electron chi connectivity index (χ0n) is 26.2. The van der Waals surface area contributed by atoms with Crippen molar-refractivity contribution in [1.29, 1.82) is 0 Å². The fourth-order valence-electron chi connectivity index (χ4n) is 3.89. The van der Waals surface area contributed by atoms with Crippen LogP contribution < -0.4 is 0 Å². The molecule has 36 heavy (non-hydrogen) atoms. The normalized spacial score (nSPS) is 20.0. The molecule has 0 bridgehead atoms. The van der Waals surface area contributed by atoms with Crippen molar-refractivity contribution in [3.63, 3.8) is 0 Å². The maximum Gasteiger partial charge on any atom is 0.308 e. The van der Waals surface area contributed by atoms with Crippen molar-refractivity contribution in [3.8, 4) is 0 Å². The number of aliphatic hydroxyl groups excluding tert-OH is 1. The van der Waals surface area contributed by atoms with Gasteiger partial charge in [0.15, 0.2) is 16.6 Å². The van der Waals surface area contributed by atoms with E-state index in [1.54, 1.807) is 6.92 Å². The molecule has 0 spiro atoms. The molecule has 0 saturated heterocycles. The molecule has 0 aliphatic heterocycles. The van der Waals surface area contributed by atoms with Crippen molar-refractivity contribution in [2.75, 3.05) is 0 Å². The van der Waals surface area contributed by atoms with Crippen LogP contribution in [0.25, 0.3) is 0 Å². The summed E-state index contributed by atoms with van der Waals surface area (Å²) in [5, 5.41) is 20.2. The second-order valence-electron chi connectivity index (χ2n) is 14.2. The van der Waals surface area contributed by atoms with Crippen LogP contribution in [0.5, 0.6) is 0 Å². The van der Waals surface area contributed by atoms with Crippen molar-refractivity contribution in [3.05, 3.63) is 12.2 Å². The van der Waals surface area contributed by atoms with Crippen molar-refractivity contribution >= 4 is 22.6 Å². The van der Waals surface area contributed by atoms with Gasteiger partial charge >= 0.3 is 5.97 Å². The SMILES string of the molecule is CC[C@@H](O[Si](C)(C)C(C)(C)C)[C@H](C)/C=C/C(O[Si](C)(C)C(C)(C)C)[C@H](C)C[C@H](C)[C@H](O)[C@@H](C)C(=O)O. The Morgan fingerprint density at radius 2 is 1.28 bits per heavy atom. The highest BCUT2D eigenvalue weighted by Crippen LogP contribution is 2.40. The number of hydrogen-bond acceptors (Lipinski definition) is 4. The van der Waals surface area contributed by atoms with E-state index in [2.05, 4.69) is 101 Å². The minimum absolute atomic E-state index is 0.0742. The third-order valence-corrected chi connectivity index (χ3v) is 17.8. The van der Waals surface area contributed by atoms with Crippen molar-refractivity contribution in [2.24, 2.45) is 23.7 Å². The Hall–Kier alpha value is -0.476. The van der Waals surface area contributed by atoms with Crippen LogP contribution in [0.3, 0.4) is 0 Å². The number of hydrogen-bond donors (Lipinski definition) is 2. The molecule has 7 heteroatoms. The molecule has 0 rings (SSSR count). The molecule has 0 saturated carbocycles. The number of carboxylic acid groups (broad SMARTS) is 1. The average molecular weight is 545 g/mol. The van der Waals surface area contributed by atoms with E-state index in [-0.39, 0.29) is 40.0 Å². The van der Waals surface area contributed by atoms with Crippen LogP contribution in [0.15, 0.2) is 12.2 Å². The molecule has 0 aliphatic carbocycles. The molecule has 0 heterocycles. The molecule has 0 radical (unpaired) electrons. The monoisotopic (exact) mass is 544 g/mol. The molecule has 0 aromatic rings. The third kappa shape index (κ3) is 10.4. The van der Waals surface area contributed by atoms with Gasteiger partial charge in [-0.2, -0.15) is 0 Å². The lowest BCUT2D eigenvalue weighted by atomic mass is 9.84. The highest BCUT2D eigenvalue weighted by molar-refractivity contribution is 6.74. The second kappa shape index (κ2) is 13.5. The summed E-state index contributed by atoms with van der Waals surface area (Å²) in [4.78, 5) is 11.4. The Morgan fingerprint density at radius 3 is 1.67 bits per heavy atom. The average Bonchev–Trinajstić information content (AvgIpc) is 2.71. The van der Waals surface area contributed by atoms with Gasteiger partial charge in [-0.15, -0.1) is 0 Å². The summed E-state index contributed by atoms with van der Waals surface area (Å²) >= 11 is 0. The summed E-state index contributed by atoms with van der Waals surface area (Å²) < 4.78 is 13.7. The number of aliphatic hydroxyl groups is 1. The molecule has 214 valence electrons. The van der Waals surface area contributed by atoms with Crippen LogP contribution in [0, 0.1) is 23.7 Å². The molecule has 0 amide bonds. The Kier molecular flexibility index (Phi) is 13.4. The maximum atomic E-state index is 11.4. The highest BCUT2D eigenvalue weighted by Gasteiger charge is 2.41. The van der Waals surface area contributed by atoms with Gasteiger partial charge in [0.05, 0.1) is 24.2 Å². The molecule has 2 N–H and O–H groups in total. The summed E-state index contributed by atoms with van der Waals surface area (Å²) in [6, 6.07) is 0. The van der Waals surface area contributed by atoms with Crippen LogP contribution in [-0.4, -0.2) is 51.1 Å². The van der Waals surface area contributed by atoms with Gasteiger partial charge in [0.25, 0.3) is 0 Å². The third-order valence-electron chi connectivity index (χ3n) is 8.87. The molecule has 0 aromatic carbocycles. The molecular formula is C29H60O5Si2. The Bertz CT molecular complexity index is 705. The second-order valence-corrected chi connectivity index (χ2v) is 23.7. The fourth-order valence-corrected chi connectivity index (χ4v) is 6.72. The van der Waals surface area contributed by atoms with Crippen molar-refractivity contribution in [1.82, 2.24) is 0 Å². The first-order valence-corrected chi connectivity index (χ1v) is 19.7. The number of rotatable bonds is 14. The van der Waals surface area contributed by atoms with Gasteiger partial charge in [-0.3, -0.25) is 4.79 Å². The summed E-state index contributed by atoms with van der Waals surface area (Å²) in [5.41, 5.74) is 0. The standard InChI is InChI=1S/C29H60O5Si2/c1-16-24(33-35(12,13)28(6,7)8)20(2)17-18-25(34-36(14,15)29(9,10)11)21(3)19-22(4)26(30)23(5)27(31)32/h17-18,20-26,30H,16,19H2,1-15H3,(H,31,32)/b18-17+/t20-,21-,22+,23-,24-,25?,26+/m1/s1. The quantitative estimate of drug-likeness (QED) is 0.171. The number of aliphatic carboxylic acids is 1. The van der Waals surface area contributed by atoms with E-state index in [0.717, 1.165) is 6.42 Å². The fraction of sp³-hybridized carbons (Fsp3) is 0.897. The van der Waals surface area contributed by atoms with E-state index >= 15 is 0 Å². The largest absolute Gasteiger partial charge is 0.481 e. The first-order valence-electron chi connectivity index (χ1n) is 13.9. The van der Waals surface area contributed by atoms with E-state index < -0.39 is 34.6 Å². The molecule has 0 aromatic heterocycles. The summed E-state index contributed by atoms with van der Waals surface area (Å²) in [6.45, 7) is 32.8. The molecule has 0 fully saturated rings. The van der Waals surface area contributed by atoms with E-state index in [1.165, 1.54) is 0 Å². The maximum absolute atomic E-state index is 11.4. The van der Waals surface area contributed by atoms with Crippen LogP contribution in [0.4, 0.5) is 0 Å². The van der Waals surface area contributed by atoms with Crippen LogP contribution >= 0.6 is 0 Å². The smallest absolute Gasteiger partial charge is 0.308 e. The lowest BCUT2D eigenvalue weighted by molar-refractivity contribution is -0.146.